The first-order chi connectivity index (χ1) is 17.6. The molecule has 37 heavy (non-hydrogen) atoms. The van der Waals surface area contributed by atoms with E-state index < -0.39 is 11.0 Å². The van der Waals surface area contributed by atoms with Crippen LogP contribution in [0, 0.1) is 5.92 Å². The molecule has 1 spiro atoms. The first-order valence-corrected chi connectivity index (χ1v) is 13.3. The number of carbonyl (C=O) groups is 2. The van der Waals surface area contributed by atoms with Gasteiger partial charge in [0, 0.05) is 49.3 Å². The first-order valence-electron chi connectivity index (χ1n) is 13.3. The molecule has 0 aromatic carbocycles. The summed E-state index contributed by atoms with van der Waals surface area (Å²) in [6, 6.07) is 6.19. The van der Waals surface area contributed by atoms with Gasteiger partial charge in [-0.2, -0.15) is 0 Å². The quantitative estimate of drug-likeness (QED) is 0.472. The summed E-state index contributed by atoms with van der Waals surface area (Å²) in [7, 11) is 0. The summed E-state index contributed by atoms with van der Waals surface area (Å²) in [6.07, 6.45) is 9.16. The molecule has 5 rings (SSSR count). The summed E-state index contributed by atoms with van der Waals surface area (Å²) in [5, 5.41) is 1.08. The molecule has 0 saturated carbocycles. The van der Waals surface area contributed by atoms with Crippen molar-refractivity contribution in [3.8, 4) is 0 Å². The smallest absolute Gasteiger partial charge is 0.410 e. The zero-order valence-electron chi connectivity index (χ0n) is 22.5. The number of pyridine rings is 2. The fraction of sp³-hybridized carbons (Fsp3) is 0.517. The van der Waals surface area contributed by atoms with E-state index in [1.54, 1.807) is 11.1 Å². The number of aryl methyl sites for hydroxylation is 1. The number of piperidine rings is 1. The van der Waals surface area contributed by atoms with Crippen molar-refractivity contribution in [3.05, 3.63) is 54.2 Å². The number of fused-ring (bicyclic) bond motifs is 3. The molecule has 196 valence electrons. The molecule has 0 unspecified atom stereocenters. The summed E-state index contributed by atoms with van der Waals surface area (Å²) in [6.45, 7) is 12.4. The van der Waals surface area contributed by atoms with Crippen molar-refractivity contribution in [2.24, 2.45) is 5.92 Å². The molecule has 0 atom stereocenters. The van der Waals surface area contributed by atoms with Crippen LogP contribution in [0.2, 0.25) is 0 Å². The Balaban J connectivity index is 1.43. The van der Waals surface area contributed by atoms with Crippen LogP contribution in [0.3, 0.4) is 0 Å². The second-order valence-electron chi connectivity index (χ2n) is 11.7. The van der Waals surface area contributed by atoms with Crippen LogP contribution >= 0.6 is 0 Å². The fourth-order valence-electron chi connectivity index (χ4n) is 5.64. The minimum atomic E-state index is -0.646. The molecule has 0 N–H and O–H groups in total. The predicted molar refractivity (Wildman–Crippen MR) is 143 cm³/mol. The number of hydrogen-bond donors (Lipinski definition) is 0. The van der Waals surface area contributed by atoms with Crippen LogP contribution in [0.4, 0.5) is 10.5 Å². The van der Waals surface area contributed by atoms with Crippen molar-refractivity contribution in [1.29, 1.82) is 0 Å². The number of hydrogen-bond acceptors (Lipinski definition) is 5. The lowest BCUT2D eigenvalue weighted by molar-refractivity contribution is -0.125. The Hall–Kier alpha value is -3.42. The van der Waals surface area contributed by atoms with E-state index in [2.05, 4.69) is 34.4 Å². The Morgan fingerprint density at radius 2 is 1.81 bits per heavy atom. The Bertz CT molecular complexity index is 1310. The SMILES string of the molecule is CC(C)CCn1c(CN2C(=O)C3(CCN(C(=O)OC(C)(C)C)CC3)c3ccncc32)cc2cnccc21. The largest absolute Gasteiger partial charge is 0.444 e. The van der Waals surface area contributed by atoms with E-state index in [0.29, 0.717) is 38.4 Å². The number of ether oxygens (including phenoxy) is 1. The maximum absolute atomic E-state index is 14.2. The van der Waals surface area contributed by atoms with E-state index in [4.69, 9.17) is 4.74 Å². The van der Waals surface area contributed by atoms with Crippen molar-refractivity contribution < 1.29 is 14.3 Å². The van der Waals surface area contributed by atoms with Gasteiger partial charge in [-0.25, -0.2) is 4.79 Å². The number of nitrogens with zero attached hydrogens (tertiary/aromatic N) is 5. The van der Waals surface area contributed by atoms with Crippen LogP contribution in [-0.2, 0) is 28.0 Å². The summed E-state index contributed by atoms with van der Waals surface area (Å²) in [5.41, 5.74) is 2.93. The van der Waals surface area contributed by atoms with Crippen LogP contribution in [0.25, 0.3) is 10.9 Å². The molecule has 3 aromatic heterocycles. The molecule has 8 heteroatoms. The average molecular weight is 504 g/mol. The minimum Gasteiger partial charge on any atom is -0.444 e. The Kier molecular flexibility index (Phi) is 6.46. The third-order valence-corrected chi connectivity index (χ3v) is 7.57. The highest BCUT2D eigenvalue weighted by Crippen LogP contribution is 2.48. The standard InChI is InChI=1S/C29H37N5O3/c1-20(2)8-13-33-22(16-21-17-30-12-7-24(21)33)19-34-25-18-31-11-6-23(25)29(26(34)35)9-14-32(15-10-29)27(36)37-28(3,4)5/h6-7,11-12,16-18,20H,8-10,13-15,19H2,1-5H3. The van der Waals surface area contributed by atoms with Gasteiger partial charge in [0.15, 0.2) is 0 Å². The third kappa shape index (κ3) is 4.69. The normalized spacial score (nSPS) is 17.2. The molecule has 1 fully saturated rings. The number of carbonyl (C=O) groups excluding carboxylic acids is 2. The third-order valence-electron chi connectivity index (χ3n) is 7.57. The van der Waals surface area contributed by atoms with Gasteiger partial charge in [0.05, 0.1) is 29.4 Å². The molecule has 0 aliphatic carbocycles. The number of anilines is 1. The average Bonchev–Trinajstić information content (AvgIpc) is 3.31. The molecular formula is C29H37N5O3. The van der Waals surface area contributed by atoms with Crippen LogP contribution in [0.1, 0.15) is 65.1 Å². The van der Waals surface area contributed by atoms with Crippen LogP contribution < -0.4 is 4.90 Å². The van der Waals surface area contributed by atoms with E-state index in [0.717, 1.165) is 40.8 Å². The van der Waals surface area contributed by atoms with E-state index in [-0.39, 0.29) is 12.0 Å². The van der Waals surface area contributed by atoms with E-state index in [9.17, 15) is 9.59 Å². The number of aromatic nitrogens is 3. The van der Waals surface area contributed by atoms with Gasteiger partial charge in [-0.15, -0.1) is 0 Å². The van der Waals surface area contributed by atoms with Gasteiger partial charge >= 0.3 is 6.09 Å². The van der Waals surface area contributed by atoms with Crippen LogP contribution in [0.5, 0.6) is 0 Å². The van der Waals surface area contributed by atoms with Gasteiger partial charge in [-0.1, -0.05) is 13.8 Å². The van der Waals surface area contributed by atoms with Crippen molar-refractivity contribution in [2.75, 3.05) is 18.0 Å². The van der Waals surface area contributed by atoms with Crippen molar-refractivity contribution in [2.45, 2.75) is 78.0 Å². The Labute approximate surface area is 218 Å². The lowest BCUT2D eigenvalue weighted by Gasteiger charge is -2.38. The lowest BCUT2D eigenvalue weighted by Crippen LogP contribution is -2.50. The molecule has 2 amide bonds. The van der Waals surface area contributed by atoms with Gasteiger partial charge in [0.25, 0.3) is 0 Å². The molecule has 2 aliphatic heterocycles. The number of likely N-dealkylation sites (tertiary alicyclic amines) is 1. The summed E-state index contributed by atoms with van der Waals surface area (Å²) >= 11 is 0. The second kappa shape index (κ2) is 9.47. The van der Waals surface area contributed by atoms with Crippen LogP contribution in [0.15, 0.2) is 43.0 Å². The maximum Gasteiger partial charge on any atom is 0.410 e. The van der Waals surface area contributed by atoms with Gasteiger partial charge < -0.3 is 19.1 Å². The molecule has 3 aromatic rings. The minimum absolute atomic E-state index is 0.0955. The molecule has 1 saturated heterocycles. The van der Waals surface area contributed by atoms with E-state index >= 15 is 0 Å². The first kappa shape index (κ1) is 25.2. The van der Waals surface area contributed by atoms with E-state index in [1.807, 2.05) is 56.4 Å². The predicted octanol–water partition coefficient (Wildman–Crippen LogP) is 5.29. The molecule has 2 aliphatic rings. The van der Waals surface area contributed by atoms with E-state index in [1.165, 1.54) is 0 Å². The summed E-state index contributed by atoms with van der Waals surface area (Å²) in [4.78, 5) is 39.2. The van der Waals surface area contributed by atoms with Gasteiger partial charge in [-0.05, 0) is 69.7 Å². The lowest BCUT2D eigenvalue weighted by atomic mass is 9.74. The van der Waals surface area contributed by atoms with Crippen molar-refractivity contribution in [1.82, 2.24) is 19.4 Å². The highest BCUT2D eigenvalue weighted by Gasteiger charge is 2.52. The zero-order valence-corrected chi connectivity index (χ0v) is 22.5. The summed E-state index contributed by atoms with van der Waals surface area (Å²) in [5.74, 6) is 0.669. The van der Waals surface area contributed by atoms with Crippen LogP contribution in [-0.4, -0.2) is 50.1 Å². The van der Waals surface area contributed by atoms with Gasteiger partial charge in [0.1, 0.15) is 5.60 Å². The molecule has 5 heterocycles. The maximum atomic E-state index is 14.2. The van der Waals surface area contributed by atoms with Crippen molar-refractivity contribution >= 4 is 28.6 Å². The molecule has 0 radical (unpaired) electrons. The van der Waals surface area contributed by atoms with Gasteiger partial charge in [0.2, 0.25) is 5.91 Å². The Morgan fingerprint density at radius 3 is 2.51 bits per heavy atom. The molecular weight excluding hydrogens is 466 g/mol. The summed E-state index contributed by atoms with van der Waals surface area (Å²) < 4.78 is 7.91. The van der Waals surface area contributed by atoms with Crippen molar-refractivity contribution in [3.63, 3.8) is 0 Å². The number of amides is 2. The van der Waals surface area contributed by atoms with Gasteiger partial charge in [-0.3, -0.25) is 14.8 Å². The molecule has 0 bridgehead atoms. The highest BCUT2D eigenvalue weighted by molar-refractivity contribution is 6.08. The topological polar surface area (TPSA) is 80.6 Å². The highest BCUT2D eigenvalue weighted by atomic mass is 16.6. The fourth-order valence-corrected chi connectivity index (χ4v) is 5.64. The monoisotopic (exact) mass is 503 g/mol. The molecule has 8 nitrogen and oxygen atoms in total. The Morgan fingerprint density at radius 1 is 1.11 bits per heavy atom. The number of rotatable bonds is 5. The second-order valence-corrected chi connectivity index (χ2v) is 11.7. The zero-order chi connectivity index (χ0) is 26.4.